The summed E-state index contributed by atoms with van der Waals surface area (Å²) in [6.07, 6.45) is 1.77. The number of thiophene rings is 2. The number of carbonyl (C=O) groups excluding carboxylic acids is 1. The number of anilines is 1. The highest BCUT2D eigenvalue weighted by Gasteiger charge is 2.36. The van der Waals surface area contributed by atoms with Crippen molar-refractivity contribution < 1.29 is 4.79 Å². The molecule has 0 radical (unpaired) electrons. The van der Waals surface area contributed by atoms with Crippen molar-refractivity contribution in [3.8, 4) is 20.3 Å². The van der Waals surface area contributed by atoms with Gasteiger partial charge in [-0.2, -0.15) is 0 Å². The minimum absolute atomic E-state index is 0.0174. The van der Waals surface area contributed by atoms with Crippen LogP contribution in [-0.2, 0) is 0 Å². The Morgan fingerprint density at radius 1 is 1.22 bits per heavy atom. The highest BCUT2D eigenvalue weighted by atomic mass is 32.1. The molecule has 4 rings (SSSR count). The lowest BCUT2D eigenvalue weighted by Crippen LogP contribution is -2.44. The Hall–Kier alpha value is -2.45. The van der Waals surface area contributed by atoms with Crippen molar-refractivity contribution in [3.05, 3.63) is 41.9 Å². The van der Waals surface area contributed by atoms with E-state index in [-0.39, 0.29) is 11.6 Å². The van der Waals surface area contributed by atoms with Gasteiger partial charge in [-0.3, -0.25) is 0 Å². The average Bonchev–Trinajstić information content (AvgIpc) is 3.38. The van der Waals surface area contributed by atoms with E-state index < -0.39 is 0 Å². The Morgan fingerprint density at radius 3 is 2.81 bits per heavy atom. The Morgan fingerprint density at radius 2 is 2.07 bits per heavy atom. The van der Waals surface area contributed by atoms with Gasteiger partial charge in [0.2, 0.25) is 5.95 Å². The smallest absolute Gasteiger partial charge is 0.318 e. The van der Waals surface area contributed by atoms with E-state index in [2.05, 4.69) is 64.1 Å². The third-order valence-corrected chi connectivity index (χ3v) is 6.72. The Bertz CT molecular complexity index is 935. The van der Waals surface area contributed by atoms with Gasteiger partial charge in [0, 0.05) is 35.6 Å². The second-order valence-corrected chi connectivity index (χ2v) is 8.99. The largest absolute Gasteiger partial charge is 0.352 e. The Labute approximate surface area is 166 Å². The zero-order chi connectivity index (χ0) is 18.9. The van der Waals surface area contributed by atoms with Gasteiger partial charge in [-0.1, -0.05) is 6.07 Å². The van der Waals surface area contributed by atoms with Crippen LogP contribution in [0.5, 0.6) is 0 Å². The second kappa shape index (κ2) is 7.28. The molecule has 0 bridgehead atoms. The molecule has 0 aliphatic carbocycles. The van der Waals surface area contributed by atoms with Crippen molar-refractivity contribution in [2.75, 3.05) is 25.0 Å². The van der Waals surface area contributed by atoms with Crippen molar-refractivity contribution >= 4 is 34.7 Å². The molecule has 1 saturated heterocycles. The fraction of sp³-hybridized carbons (Fsp3) is 0.316. The van der Waals surface area contributed by atoms with Gasteiger partial charge in [0.15, 0.2) is 0 Å². The van der Waals surface area contributed by atoms with Crippen LogP contribution in [0.3, 0.4) is 0 Å². The maximum Gasteiger partial charge on any atom is 0.318 e. The summed E-state index contributed by atoms with van der Waals surface area (Å²) < 4.78 is 0. The van der Waals surface area contributed by atoms with Gasteiger partial charge in [-0.15, -0.1) is 22.7 Å². The minimum atomic E-state index is -0.170. The number of rotatable bonds is 6. The third-order valence-electron chi connectivity index (χ3n) is 4.54. The SMILES string of the molecule is CC1(C)CNC(=O)N1CCNc1nccc(-c2ccc(-c3cccs3)s2)n1. The van der Waals surface area contributed by atoms with E-state index >= 15 is 0 Å². The average molecular weight is 400 g/mol. The van der Waals surface area contributed by atoms with E-state index in [1.54, 1.807) is 28.9 Å². The molecule has 0 saturated carbocycles. The number of urea groups is 1. The molecule has 27 heavy (non-hydrogen) atoms. The molecule has 4 heterocycles. The number of amides is 2. The van der Waals surface area contributed by atoms with Gasteiger partial charge >= 0.3 is 6.03 Å². The number of hydrogen-bond donors (Lipinski definition) is 2. The lowest BCUT2D eigenvalue weighted by molar-refractivity contribution is 0.180. The topological polar surface area (TPSA) is 70.2 Å². The number of aromatic nitrogens is 2. The van der Waals surface area contributed by atoms with Crippen molar-refractivity contribution in [3.63, 3.8) is 0 Å². The first-order valence-corrected chi connectivity index (χ1v) is 10.5. The summed E-state index contributed by atoms with van der Waals surface area (Å²) in [4.78, 5) is 26.3. The van der Waals surface area contributed by atoms with E-state index in [0.29, 0.717) is 25.6 Å². The molecular formula is C19H21N5OS2. The van der Waals surface area contributed by atoms with Crippen molar-refractivity contribution in [2.24, 2.45) is 0 Å². The van der Waals surface area contributed by atoms with Crippen LogP contribution in [0.4, 0.5) is 10.7 Å². The summed E-state index contributed by atoms with van der Waals surface area (Å²) in [5.74, 6) is 0.580. The van der Waals surface area contributed by atoms with Crippen LogP contribution in [0.2, 0.25) is 0 Å². The number of carbonyl (C=O) groups is 1. The number of nitrogens with zero attached hydrogens (tertiary/aromatic N) is 3. The normalized spacial score (nSPS) is 15.8. The third kappa shape index (κ3) is 3.81. The van der Waals surface area contributed by atoms with Crippen LogP contribution < -0.4 is 10.6 Å². The Balaban J connectivity index is 1.42. The van der Waals surface area contributed by atoms with Crippen LogP contribution in [0.25, 0.3) is 20.3 Å². The molecule has 0 unspecified atom stereocenters. The van der Waals surface area contributed by atoms with Gasteiger partial charge in [0.25, 0.3) is 0 Å². The molecule has 0 spiro atoms. The van der Waals surface area contributed by atoms with Gasteiger partial charge in [-0.05, 0) is 43.5 Å². The standard InChI is InChI=1S/C19H21N5OS2/c1-19(2)12-22-18(25)24(19)10-9-21-17-20-8-7-13(23-17)14-5-6-16(27-14)15-4-3-11-26-15/h3-8,11H,9-10,12H2,1-2H3,(H,22,25)(H,20,21,23). The van der Waals surface area contributed by atoms with Crippen molar-refractivity contribution in [1.82, 2.24) is 20.2 Å². The zero-order valence-electron chi connectivity index (χ0n) is 15.2. The molecule has 2 N–H and O–H groups in total. The van der Waals surface area contributed by atoms with E-state index in [1.165, 1.54) is 9.75 Å². The maximum absolute atomic E-state index is 11.9. The predicted molar refractivity (Wildman–Crippen MR) is 111 cm³/mol. The molecule has 8 heteroatoms. The molecule has 1 aliphatic rings. The molecule has 1 aliphatic heterocycles. The lowest BCUT2D eigenvalue weighted by Gasteiger charge is -2.29. The summed E-state index contributed by atoms with van der Waals surface area (Å²) in [5, 5.41) is 8.21. The number of hydrogen-bond acceptors (Lipinski definition) is 6. The predicted octanol–water partition coefficient (Wildman–Crippen LogP) is 4.15. The fourth-order valence-electron chi connectivity index (χ4n) is 3.05. The molecule has 140 valence electrons. The van der Waals surface area contributed by atoms with Gasteiger partial charge in [0.1, 0.15) is 0 Å². The molecular weight excluding hydrogens is 378 g/mol. The first-order chi connectivity index (χ1) is 13.0. The molecule has 0 atom stereocenters. The molecule has 1 fully saturated rings. The van der Waals surface area contributed by atoms with E-state index in [1.807, 2.05) is 11.0 Å². The highest BCUT2D eigenvalue weighted by molar-refractivity contribution is 7.23. The van der Waals surface area contributed by atoms with E-state index in [0.717, 1.165) is 10.6 Å². The highest BCUT2D eigenvalue weighted by Crippen LogP contribution is 2.35. The lowest BCUT2D eigenvalue weighted by atomic mass is 10.1. The Kier molecular flexibility index (Phi) is 4.84. The van der Waals surface area contributed by atoms with Crippen LogP contribution in [0.15, 0.2) is 41.9 Å². The van der Waals surface area contributed by atoms with Crippen molar-refractivity contribution in [1.29, 1.82) is 0 Å². The van der Waals surface area contributed by atoms with Crippen LogP contribution >= 0.6 is 22.7 Å². The molecule has 6 nitrogen and oxygen atoms in total. The van der Waals surface area contributed by atoms with E-state index in [9.17, 15) is 4.79 Å². The molecule has 2 amide bonds. The summed E-state index contributed by atoms with van der Waals surface area (Å²) in [6.45, 7) is 6.00. The molecule has 3 aromatic rings. The maximum atomic E-state index is 11.9. The van der Waals surface area contributed by atoms with E-state index in [4.69, 9.17) is 0 Å². The van der Waals surface area contributed by atoms with Crippen LogP contribution in [-0.4, -0.2) is 46.1 Å². The second-order valence-electron chi connectivity index (χ2n) is 6.96. The summed E-state index contributed by atoms with van der Waals surface area (Å²) in [7, 11) is 0. The summed E-state index contributed by atoms with van der Waals surface area (Å²) >= 11 is 3.47. The number of nitrogens with one attached hydrogen (secondary N) is 2. The first kappa shape index (κ1) is 17.9. The molecule has 0 aromatic carbocycles. The minimum Gasteiger partial charge on any atom is -0.352 e. The van der Waals surface area contributed by atoms with Crippen molar-refractivity contribution in [2.45, 2.75) is 19.4 Å². The quantitative estimate of drug-likeness (QED) is 0.653. The summed E-state index contributed by atoms with van der Waals surface area (Å²) in [6, 6.07) is 10.3. The van der Waals surface area contributed by atoms with Gasteiger partial charge in [-0.25, -0.2) is 14.8 Å². The van der Waals surface area contributed by atoms with Gasteiger partial charge in [0.05, 0.1) is 16.1 Å². The van der Waals surface area contributed by atoms with Crippen LogP contribution in [0.1, 0.15) is 13.8 Å². The fourth-order valence-corrected chi connectivity index (χ4v) is 4.86. The summed E-state index contributed by atoms with van der Waals surface area (Å²) in [5.41, 5.74) is 0.732. The zero-order valence-corrected chi connectivity index (χ0v) is 16.9. The van der Waals surface area contributed by atoms with Gasteiger partial charge < -0.3 is 15.5 Å². The molecule has 3 aromatic heterocycles. The van der Waals surface area contributed by atoms with Crippen LogP contribution in [0, 0.1) is 0 Å². The monoisotopic (exact) mass is 399 g/mol. The first-order valence-electron chi connectivity index (χ1n) is 8.79.